The second-order valence-electron chi connectivity index (χ2n) is 4.97. The van der Waals surface area contributed by atoms with Crippen molar-refractivity contribution < 1.29 is 31.2 Å². The van der Waals surface area contributed by atoms with Crippen molar-refractivity contribution in [2.75, 3.05) is 18.5 Å². The van der Waals surface area contributed by atoms with Crippen LogP contribution in [0.25, 0.3) is 0 Å². The van der Waals surface area contributed by atoms with Crippen molar-refractivity contribution in [2.24, 2.45) is 0 Å². The van der Waals surface area contributed by atoms with E-state index in [0.29, 0.717) is 17.9 Å². The van der Waals surface area contributed by atoms with Crippen molar-refractivity contribution >= 4 is 21.2 Å². The molecule has 0 aliphatic heterocycles. The van der Waals surface area contributed by atoms with Crippen molar-refractivity contribution in [1.29, 1.82) is 0 Å². The quantitative estimate of drug-likeness (QED) is 0.442. The fourth-order valence-electron chi connectivity index (χ4n) is 1.98. The number of para-hydroxylation sites is 1. The molecule has 140 valence electrons. The Morgan fingerprint density at radius 2 is 1.77 bits per heavy atom. The number of nitro benzene ring substituents is 1. The Morgan fingerprint density at radius 1 is 1.12 bits per heavy atom. The van der Waals surface area contributed by atoms with Gasteiger partial charge in [-0.2, -0.15) is 13.2 Å². The molecule has 0 fully saturated rings. The van der Waals surface area contributed by atoms with Crippen LogP contribution in [0, 0.1) is 10.1 Å². The van der Waals surface area contributed by atoms with Gasteiger partial charge in [0.15, 0.2) is 0 Å². The lowest BCUT2D eigenvalue weighted by molar-refractivity contribution is -0.384. The smallest absolute Gasteiger partial charge is 0.492 e. The monoisotopic (exact) mass is 390 g/mol. The molecule has 0 saturated heterocycles. The summed E-state index contributed by atoms with van der Waals surface area (Å²) in [5.74, 6) is 0.579. The minimum absolute atomic E-state index is 0.112. The number of sulfone groups is 1. The lowest BCUT2D eigenvalue weighted by atomic mass is 10.2. The maximum atomic E-state index is 12.6. The normalized spacial score (nSPS) is 11.8. The van der Waals surface area contributed by atoms with E-state index in [1.807, 2.05) is 0 Å². The molecule has 0 heterocycles. The molecule has 0 aromatic heterocycles. The van der Waals surface area contributed by atoms with Gasteiger partial charge in [-0.3, -0.25) is 10.1 Å². The Balaban J connectivity index is 2.13. The molecule has 7 nitrogen and oxygen atoms in total. The molecule has 0 atom stereocenters. The summed E-state index contributed by atoms with van der Waals surface area (Å²) in [6.45, 7) is 0.241. The van der Waals surface area contributed by atoms with Gasteiger partial charge in [0.2, 0.25) is 0 Å². The highest BCUT2D eigenvalue weighted by atomic mass is 32.2. The third kappa shape index (κ3) is 4.42. The molecule has 11 heteroatoms. The van der Waals surface area contributed by atoms with Crippen molar-refractivity contribution in [3.63, 3.8) is 0 Å². The first-order valence-electron chi connectivity index (χ1n) is 7.14. The zero-order chi connectivity index (χ0) is 19.4. The molecule has 0 radical (unpaired) electrons. The Hall–Kier alpha value is -2.82. The van der Waals surface area contributed by atoms with Gasteiger partial charge in [-0.25, -0.2) is 8.42 Å². The molecule has 0 aliphatic rings. The summed E-state index contributed by atoms with van der Waals surface area (Å²) in [5, 5.41) is 13.7. The second kappa shape index (κ2) is 7.60. The summed E-state index contributed by atoms with van der Waals surface area (Å²) in [4.78, 5) is 8.91. The van der Waals surface area contributed by atoms with Crippen LogP contribution in [0.3, 0.4) is 0 Å². The molecule has 2 rings (SSSR count). The zero-order valence-corrected chi connectivity index (χ0v) is 13.9. The van der Waals surface area contributed by atoms with Gasteiger partial charge in [0.1, 0.15) is 18.0 Å². The van der Waals surface area contributed by atoms with Crippen LogP contribution in [-0.4, -0.2) is 32.0 Å². The number of benzene rings is 2. The predicted molar refractivity (Wildman–Crippen MR) is 86.8 cm³/mol. The third-order valence-electron chi connectivity index (χ3n) is 3.21. The average Bonchev–Trinajstić information content (AvgIpc) is 2.58. The fourth-order valence-corrected chi connectivity index (χ4v) is 2.77. The number of hydrogen-bond donors (Lipinski definition) is 1. The van der Waals surface area contributed by atoms with E-state index in [2.05, 4.69) is 5.32 Å². The Labute approximate surface area is 146 Å². The summed E-state index contributed by atoms with van der Waals surface area (Å²) in [5.41, 5.74) is -6.44. The number of rotatable bonds is 7. The molecule has 2 aromatic carbocycles. The van der Waals surface area contributed by atoms with Gasteiger partial charge in [-0.05, 0) is 24.3 Å². The van der Waals surface area contributed by atoms with E-state index >= 15 is 0 Å². The molecule has 0 spiro atoms. The number of alkyl halides is 3. The number of nitro groups is 1. The van der Waals surface area contributed by atoms with Crippen LogP contribution in [-0.2, 0) is 9.84 Å². The molecule has 0 unspecified atom stereocenters. The molecular formula is C15H13F3N2O5S. The van der Waals surface area contributed by atoms with Crippen LogP contribution in [0.5, 0.6) is 5.75 Å². The minimum Gasteiger partial charge on any atom is -0.492 e. The van der Waals surface area contributed by atoms with Crippen molar-refractivity contribution in [3.05, 3.63) is 58.6 Å². The van der Waals surface area contributed by atoms with E-state index in [-0.39, 0.29) is 18.8 Å². The zero-order valence-electron chi connectivity index (χ0n) is 13.1. The van der Waals surface area contributed by atoms with Gasteiger partial charge in [-0.1, -0.05) is 18.2 Å². The molecule has 0 amide bonds. The standard InChI is InChI=1S/C15H13F3N2O5S/c16-15(17,18)26(23,24)12-6-7-13(14(10-12)20(21)22)19-8-9-25-11-4-2-1-3-5-11/h1-7,10,19H,8-9H2. The van der Waals surface area contributed by atoms with E-state index in [1.165, 1.54) is 0 Å². The van der Waals surface area contributed by atoms with Gasteiger partial charge >= 0.3 is 5.51 Å². The molecule has 1 N–H and O–H groups in total. The van der Waals surface area contributed by atoms with Gasteiger partial charge in [0, 0.05) is 12.6 Å². The number of halogens is 3. The minimum atomic E-state index is -5.67. The molecule has 26 heavy (non-hydrogen) atoms. The predicted octanol–water partition coefficient (Wildman–Crippen LogP) is 3.38. The largest absolute Gasteiger partial charge is 0.501 e. The van der Waals surface area contributed by atoms with Crippen molar-refractivity contribution in [2.45, 2.75) is 10.4 Å². The van der Waals surface area contributed by atoms with Gasteiger partial charge in [0.05, 0.1) is 9.82 Å². The van der Waals surface area contributed by atoms with Crippen LogP contribution in [0.2, 0.25) is 0 Å². The number of anilines is 1. The van der Waals surface area contributed by atoms with Crippen LogP contribution in [0.1, 0.15) is 0 Å². The maximum absolute atomic E-state index is 12.6. The molecule has 2 aromatic rings. The van der Waals surface area contributed by atoms with Gasteiger partial charge in [-0.15, -0.1) is 0 Å². The van der Waals surface area contributed by atoms with Crippen LogP contribution in [0.15, 0.2) is 53.4 Å². The van der Waals surface area contributed by atoms with Crippen LogP contribution < -0.4 is 10.1 Å². The lowest BCUT2D eigenvalue weighted by Gasteiger charge is -2.11. The topological polar surface area (TPSA) is 98.5 Å². The SMILES string of the molecule is O=[N+]([O-])c1cc(S(=O)(=O)C(F)(F)F)ccc1NCCOc1ccccc1. The fraction of sp³-hybridized carbons (Fsp3) is 0.200. The summed E-state index contributed by atoms with van der Waals surface area (Å²) < 4.78 is 65.8. The summed E-state index contributed by atoms with van der Waals surface area (Å²) >= 11 is 0. The summed E-state index contributed by atoms with van der Waals surface area (Å²) in [6.07, 6.45) is 0. The highest BCUT2D eigenvalue weighted by Crippen LogP contribution is 2.34. The molecule has 0 saturated carbocycles. The summed E-state index contributed by atoms with van der Waals surface area (Å²) in [6, 6.07) is 10.7. The van der Waals surface area contributed by atoms with Crippen molar-refractivity contribution in [1.82, 2.24) is 0 Å². The number of ether oxygens (including phenoxy) is 1. The number of nitrogens with one attached hydrogen (secondary N) is 1. The molecule has 0 bridgehead atoms. The third-order valence-corrected chi connectivity index (χ3v) is 4.69. The van der Waals surface area contributed by atoms with E-state index in [0.717, 1.165) is 6.07 Å². The Kier molecular flexibility index (Phi) is 5.70. The van der Waals surface area contributed by atoms with Crippen LogP contribution >= 0.6 is 0 Å². The first-order valence-corrected chi connectivity index (χ1v) is 8.63. The van der Waals surface area contributed by atoms with E-state index < -0.39 is 30.9 Å². The van der Waals surface area contributed by atoms with E-state index in [1.54, 1.807) is 30.3 Å². The van der Waals surface area contributed by atoms with Crippen LogP contribution in [0.4, 0.5) is 24.5 Å². The first kappa shape index (κ1) is 19.5. The summed E-state index contributed by atoms with van der Waals surface area (Å²) in [7, 11) is -5.67. The van der Waals surface area contributed by atoms with E-state index in [9.17, 15) is 31.7 Å². The Morgan fingerprint density at radius 3 is 2.35 bits per heavy atom. The lowest BCUT2D eigenvalue weighted by Crippen LogP contribution is -2.23. The van der Waals surface area contributed by atoms with E-state index in [4.69, 9.17) is 4.74 Å². The first-order chi connectivity index (χ1) is 12.1. The second-order valence-corrected chi connectivity index (χ2v) is 6.91. The highest BCUT2D eigenvalue weighted by molar-refractivity contribution is 7.92. The maximum Gasteiger partial charge on any atom is 0.501 e. The highest BCUT2D eigenvalue weighted by Gasteiger charge is 2.47. The molecular weight excluding hydrogens is 377 g/mol. The van der Waals surface area contributed by atoms with Gasteiger partial charge in [0.25, 0.3) is 15.5 Å². The molecule has 0 aliphatic carbocycles. The Bertz CT molecular complexity index is 886. The number of hydrogen-bond acceptors (Lipinski definition) is 6. The van der Waals surface area contributed by atoms with Gasteiger partial charge < -0.3 is 10.1 Å². The average molecular weight is 390 g/mol. The number of nitrogens with zero attached hydrogens (tertiary/aromatic N) is 1. The van der Waals surface area contributed by atoms with Crippen molar-refractivity contribution in [3.8, 4) is 5.75 Å².